The van der Waals surface area contributed by atoms with E-state index in [0.29, 0.717) is 12.8 Å². The van der Waals surface area contributed by atoms with E-state index in [1.807, 2.05) is 0 Å². The van der Waals surface area contributed by atoms with Gasteiger partial charge in [-0.25, -0.2) is 0 Å². The highest BCUT2D eigenvalue weighted by Gasteiger charge is 2.68. The van der Waals surface area contributed by atoms with Crippen LogP contribution in [-0.4, -0.2) is 262 Å². The van der Waals surface area contributed by atoms with Crippen molar-refractivity contribution in [3.8, 4) is 0 Å². The highest BCUT2D eigenvalue weighted by atomic mass is 16.7. The van der Waals surface area contributed by atoms with Gasteiger partial charge in [0.05, 0.1) is 122 Å². The van der Waals surface area contributed by atoms with Gasteiger partial charge in [0.15, 0.2) is 18.5 Å². The third-order valence-electron chi connectivity index (χ3n) is 20.4. The summed E-state index contributed by atoms with van der Waals surface area (Å²) in [6.45, 7) is -0.734. The number of hydrogen-bond acceptors (Lipinski definition) is 22. The summed E-state index contributed by atoms with van der Waals surface area (Å²) in [4.78, 5) is 0. The Morgan fingerprint density at radius 2 is 0.865 bits per heavy atom. The van der Waals surface area contributed by atoms with Gasteiger partial charge < -0.3 is 116 Å². The molecule has 6 aliphatic carbocycles. The Morgan fingerprint density at radius 1 is 0.365 bits per heavy atom. The Bertz CT molecular complexity index is 1860. The van der Waals surface area contributed by atoms with Crippen molar-refractivity contribution in [2.75, 3.05) is 6.61 Å². The fourth-order valence-electron chi connectivity index (χ4n) is 16.7. The molecule has 0 amide bonds. The first-order chi connectivity index (χ1) is 35.2. The van der Waals surface area contributed by atoms with Gasteiger partial charge in [0.25, 0.3) is 0 Å². The zero-order chi connectivity index (χ0) is 52.9. The third-order valence-corrected chi connectivity index (χ3v) is 20.4. The standard InChI is InChI=1S/C51H84O23/c52-15-34-41(65)44(68)45(69)51(72-34)71-33-12-20-24(57)13-29(62)36(49(20)73-46(33)16-1-4-21(54)25(58)7-16)40-38-31(64)14-30(63)37(50(38)74-48(43(40)67)18-3-6-23(56)27(60)9-18)39-35-28(61)10-19(53)11-32(35)70-47(42(39)66)17-2-5-22(55)26(59)8-17/h16-69H,1-15H2/p+1/t16?,17?,18?,19?,20?,21?,22?,23?,24?,25?,26?,27?,28?,29?,30?,31?,32?,33-,34+,35?,36?,37?,38?,39?,40-,41+,42?,43+,44-,45+,46-,47?,48+,49?,50?,51-/m0/s1. The topological polar surface area (TPSA) is 414 Å². The SMILES string of the molecule is OC[C@H]1O[C@H](O[C@H]2CC3C(O)CC(O)C([C@H]4C5C(O)CC(O)C(C6C(O)C(C7CCC(O)C(O)C7)[OH+]C7CC(O)CC(O)C76)C5O[C@H](C5CCC(O)C(O)C5)[C@@H]4O)C3O[C@H]2C2CCC(O)C(O)C2)[C@H](O)[C@@H](O)[C@@H]1O. The van der Waals surface area contributed by atoms with Gasteiger partial charge in [-0.2, -0.15) is 0 Å². The quantitative estimate of drug-likeness (QED) is 0.101. The van der Waals surface area contributed by atoms with Crippen LogP contribution in [0.2, 0.25) is 0 Å². The molecule has 0 bridgehead atoms. The maximum atomic E-state index is 13.1. The zero-order valence-electron chi connectivity index (χ0n) is 41.5. The van der Waals surface area contributed by atoms with Gasteiger partial charge >= 0.3 is 0 Å². The van der Waals surface area contributed by atoms with E-state index in [2.05, 4.69) is 0 Å². The molecule has 0 aromatic carbocycles. The van der Waals surface area contributed by atoms with Crippen molar-refractivity contribution < 1.29 is 116 Å². The van der Waals surface area contributed by atoms with Crippen LogP contribution < -0.4 is 0 Å². The van der Waals surface area contributed by atoms with Gasteiger partial charge in [-0.3, -0.25) is 0 Å². The van der Waals surface area contributed by atoms with Crippen molar-refractivity contribution in [1.82, 2.24) is 0 Å². The lowest BCUT2D eigenvalue weighted by atomic mass is 9.52. The predicted molar refractivity (Wildman–Crippen MR) is 249 cm³/mol. The van der Waals surface area contributed by atoms with E-state index in [9.17, 15) is 91.9 Å². The third kappa shape index (κ3) is 10.3. The summed E-state index contributed by atoms with van der Waals surface area (Å²) in [5, 5.41) is 205. The second kappa shape index (κ2) is 22.6. The summed E-state index contributed by atoms with van der Waals surface area (Å²) in [5.41, 5.74) is 0. The number of ether oxygens (including phenoxy) is 5. The van der Waals surface area contributed by atoms with Gasteiger partial charge in [-0.1, -0.05) is 0 Å². The van der Waals surface area contributed by atoms with Crippen LogP contribution in [-0.2, 0) is 18.9 Å². The maximum Gasteiger partial charge on any atom is 0.187 e. The van der Waals surface area contributed by atoms with E-state index in [1.165, 1.54) is 0 Å². The number of aliphatic hydroxyl groups is 20. The lowest BCUT2D eigenvalue weighted by molar-refractivity contribution is -0.349. The van der Waals surface area contributed by atoms with Crippen LogP contribution in [0.5, 0.6) is 0 Å². The molecule has 36 atom stereocenters. The van der Waals surface area contributed by atoms with Crippen LogP contribution >= 0.6 is 0 Å². The molecule has 4 aliphatic heterocycles. The summed E-state index contributed by atoms with van der Waals surface area (Å²) in [6.07, 6.45) is -31.6. The fraction of sp³-hybridized carbons (Fsp3) is 1.00. The Kier molecular flexibility index (Phi) is 17.2. The van der Waals surface area contributed by atoms with Crippen LogP contribution in [0.15, 0.2) is 0 Å². The average Bonchev–Trinajstić information content (AvgIpc) is 3.35. The molecule has 19 N–H and O–H groups in total. The van der Waals surface area contributed by atoms with Crippen LogP contribution in [0.4, 0.5) is 0 Å². The Morgan fingerprint density at radius 3 is 1.45 bits per heavy atom. The number of hydrogen-bond donors (Lipinski definition) is 18. The molecule has 0 radical (unpaired) electrons. The van der Waals surface area contributed by atoms with Gasteiger partial charge in [-0.05, 0) is 88.9 Å². The summed E-state index contributed by atoms with van der Waals surface area (Å²) < 4.78 is 31.4. The second-order valence-electron chi connectivity index (χ2n) is 24.6. The fourth-order valence-corrected chi connectivity index (χ4v) is 16.7. The molecular weight excluding hydrogens is 981 g/mol. The van der Waals surface area contributed by atoms with E-state index in [1.54, 1.807) is 0 Å². The molecule has 10 fully saturated rings. The summed E-state index contributed by atoms with van der Waals surface area (Å²) >= 11 is 0. The minimum atomic E-state index is -1.80. The van der Waals surface area contributed by atoms with Crippen molar-refractivity contribution in [3.05, 3.63) is 0 Å². The maximum absolute atomic E-state index is 13.1. The number of aliphatic hydroxyl groups excluding tert-OH is 18. The molecule has 4 heterocycles. The van der Waals surface area contributed by atoms with Crippen molar-refractivity contribution in [1.29, 1.82) is 0 Å². The first-order valence-corrected chi connectivity index (χ1v) is 27.7. The lowest BCUT2D eigenvalue weighted by Crippen LogP contribution is -2.72. The molecule has 0 aromatic heterocycles. The second-order valence-corrected chi connectivity index (χ2v) is 24.6. The molecule has 0 aromatic rings. The smallest absolute Gasteiger partial charge is 0.187 e. The molecule has 0 spiro atoms. The highest BCUT2D eigenvalue weighted by molar-refractivity contribution is 5.14. The monoisotopic (exact) mass is 1070 g/mol. The molecular formula is C51H85O23+. The molecule has 23 nitrogen and oxygen atoms in total. The van der Waals surface area contributed by atoms with Crippen LogP contribution in [0.3, 0.4) is 0 Å². The molecule has 4 saturated heterocycles. The number of fused-ring (bicyclic) bond motifs is 3. The van der Waals surface area contributed by atoms with Gasteiger partial charge in [0.1, 0.15) is 30.5 Å². The van der Waals surface area contributed by atoms with Crippen LogP contribution in [0, 0.1) is 59.2 Å². The van der Waals surface area contributed by atoms with Crippen LogP contribution in [0.1, 0.15) is 89.9 Å². The van der Waals surface area contributed by atoms with E-state index >= 15 is 0 Å². The minimum Gasteiger partial charge on any atom is -0.427 e. The molecule has 10 aliphatic rings. The van der Waals surface area contributed by atoms with Crippen molar-refractivity contribution in [3.63, 3.8) is 0 Å². The average molecular weight is 1070 g/mol. The van der Waals surface area contributed by atoms with E-state index < -0.39 is 225 Å². The largest absolute Gasteiger partial charge is 0.427 e. The van der Waals surface area contributed by atoms with Gasteiger partial charge in [0.2, 0.25) is 0 Å². The summed E-state index contributed by atoms with van der Waals surface area (Å²) in [7, 11) is 0. The molecule has 26 unspecified atom stereocenters. The van der Waals surface area contributed by atoms with Gasteiger partial charge in [0, 0.05) is 54.3 Å². The zero-order valence-corrected chi connectivity index (χ0v) is 41.5. The molecule has 10 rings (SSSR count). The first-order valence-electron chi connectivity index (χ1n) is 27.7. The van der Waals surface area contributed by atoms with Crippen LogP contribution in [0.25, 0.3) is 0 Å². The Labute approximate surface area is 429 Å². The van der Waals surface area contributed by atoms with E-state index in [-0.39, 0.29) is 77.0 Å². The summed E-state index contributed by atoms with van der Waals surface area (Å²) in [5.74, 6) is -8.93. The molecule has 74 heavy (non-hydrogen) atoms. The van der Waals surface area contributed by atoms with Crippen molar-refractivity contribution >= 4 is 0 Å². The Hall–Kier alpha value is -0.920. The van der Waals surface area contributed by atoms with E-state index in [4.69, 9.17) is 23.7 Å². The van der Waals surface area contributed by atoms with E-state index in [0.717, 1.165) is 0 Å². The van der Waals surface area contributed by atoms with Crippen molar-refractivity contribution in [2.45, 2.75) is 249 Å². The molecule has 426 valence electrons. The Balaban J connectivity index is 1.04. The minimum absolute atomic E-state index is 0.0107. The molecule has 6 saturated carbocycles. The molecule has 23 heteroatoms. The number of rotatable bonds is 8. The normalized spacial score (nSPS) is 59.4. The highest BCUT2D eigenvalue weighted by Crippen LogP contribution is 2.58. The van der Waals surface area contributed by atoms with Crippen molar-refractivity contribution in [2.24, 2.45) is 59.2 Å². The predicted octanol–water partition coefficient (Wildman–Crippen LogP) is -6.26. The first kappa shape index (κ1) is 56.4. The summed E-state index contributed by atoms with van der Waals surface area (Å²) in [6, 6.07) is 0. The lowest BCUT2D eigenvalue weighted by Gasteiger charge is -2.62. The van der Waals surface area contributed by atoms with Gasteiger partial charge in [-0.15, -0.1) is 0 Å².